The minimum Gasteiger partial charge on any atom is -0.310 e. The van der Waals surface area contributed by atoms with E-state index < -0.39 is 21.9 Å². The number of amides is 1. The molecule has 1 fully saturated rings. The molecule has 19 heavy (non-hydrogen) atoms. The molecule has 0 N–H and O–H groups in total. The Morgan fingerprint density at radius 3 is 2.89 bits per heavy atom. The second-order valence-electron chi connectivity index (χ2n) is 4.54. The van der Waals surface area contributed by atoms with Gasteiger partial charge in [-0.15, -0.1) is 3.89 Å². The van der Waals surface area contributed by atoms with Crippen molar-refractivity contribution in [2.45, 2.75) is 13.3 Å². The molecule has 104 valence electrons. The van der Waals surface area contributed by atoms with Crippen LogP contribution >= 0.6 is 15.9 Å². The van der Waals surface area contributed by atoms with Crippen molar-refractivity contribution in [1.82, 2.24) is 4.98 Å². The maximum Gasteiger partial charge on any atom is 0.302 e. The van der Waals surface area contributed by atoms with Crippen LogP contribution in [0.5, 0.6) is 0 Å². The molecular formula is C11H12BrFN2O3S. The Kier molecular flexibility index (Phi) is 3.91. The third-order valence-electron chi connectivity index (χ3n) is 2.96. The highest BCUT2D eigenvalue weighted by molar-refractivity contribution is 9.10. The predicted octanol–water partition coefficient (Wildman–Crippen LogP) is 1.80. The normalized spacial score (nSPS) is 20.1. The van der Waals surface area contributed by atoms with Gasteiger partial charge in [0.2, 0.25) is 5.91 Å². The van der Waals surface area contributed by atoms with E-state index >= 15 is 0 Å². The molecule has 1 aliphatic rings. The smallest absolute Gasteiger partial charge is 0.302 e. The molecule has 0 aromatic carbocycles. The van der Waals surface area contributed by atoms with E-state index in [1.165, 1.54) is 4.90 Å². The van der Waals surface area contributed by atoms with E-state index in [0.717, 1.165) is 4.47 Å². The molecule has 1 aromatic rings. The zero-order valence-electron chi connectivity index (χ0n) is 10.1. The number of hydrogen-bond donors (Lipinski definition) is 0. The van der Waals surface area contributed by atoms with Gasteiger partial charge in [0.25, 0.3) is 0 Å². The van der Waals surface area contributed by atoms with Crippen LogP contribution in [0.3, 0.4) is 0 Å². The molecule has 0 spiro atoms. The van der Waals surface area contributed by atoms with Gasteiger partial charge in [0, 0.05) is 29.6 Å². The summed E-state index contributed by atoms with van der Waals surface area (Å²) in [6.07, 6.45) is 1.65. The van der Waals surface area contributed by atoms with Crippen LogP contribution in [-0.2, 0) is 15.0 Å². The van der Waals surface area contributed by atoms with Crippen LogP contribution in [0.4, 0.5) is 9.57 Å². The summed E-state index contributed by atoms with van der Waals surface area (Å²) in [5, 5.41) is 0. The molecule has 0 saturated carbocycles. The SMILES string of the molecule is Cc1ncc(Br)cc1N1CC(CS(=O)(=O)F)CC1=O. The van der Waals surface area contributed by atoms with E-state index in [2.05, 4.69) is 20.9 Å². The van der Waals surface area contributed by atoms with Gasteiger partial charge in [-0.2, -0.15) is 8.42 Å². The molecule has 2 rings (SSSR count). The van der Waals surface area contributed by atoms with E-state index in [1.54, 1.807) is 19.2 Å². The fourth-order valence-electron chi connectivity index (χ4n) is 2.18. The first-order valence-corrected chi connectivity index (χ1v) is 7.95. The van der Waals surface area contributed by atoms with Gasteiger partial charge in [-0.3, -0.25) is 9.78 Å². The number of carbonyl (C=O) groups excluding carboxylic acids is 1. The molecule has 1 aromatic heterocycles. The summed E-state index contributed by atoms with van der Waals surface area (Å²) in [4.78, 5) is 17.5. The summed E-state index contributed by atoms with van der Waals surface area (Å²) in [6.45, 7) is 1.95. The first-order valence-electron chi connectivity index (χ1n) is 5.61. The van der Waals surface area contributed by atoms with Gasteiger partial charge in [0.15, 0.2) is 0 Å². The number of pyridine rings is 1. The highest BCUT2D eigenvalue weighted by Crippen LogP contribution is 2.29. The molecule has 5 nitrogen and oxygen atoms in total. The van der Waals surface area contributed by atoms with E-state index in [1.807, 2.05) is 0 Å². The Morgan fingerprint density at radius 1 is 1.58 bits per heavy atom. The first-order chi connectivity index (χ1) is 8.76. The Hall–Kier alpha value is -1.02. The highest BCUT2D eigenvalue weighted by Gasteiger charge is 2.34. The van der Waals surface area contributed by atoms with Gasteiger partial charge in [-0.25, -0.2) is 0 Å². The minimum absolute atomic E-state index is 0.0368. The quantitative estimate of drug-likeness (QED) is 0.779. The standard InChI is InChI=1S/C11H12BrFN2O3S/c1-7-10(3-9(12)4-14-7)15-5-8(2-11(15)16)6-19(13,17)18/h3-4,8H,2,5-6H2,1H3. The van der Waals surface area contributed by atoms with Crippen molar-refractivity contribution < 1.29 is 17.1 Å². The van der Waals surface area contributed by atoms with E-state index in [9.17, 15) is 17.1 Å². The van der Waals surface area contributed by atoms with Gasteiger partial charge >= 0.3 is 10.2 Å². The molecule has 1 amide bonds. The summed E-state index contributed by atoms with van der Waals surface area (Å²) in [6, 6.07) is 1.74. The van der Waals surface area contributed by atoms with Crippen molar-refractivity contribution in [3.05, 3.63) is 22.4 Å². The Morgan fingerprint density at radius 2 is 2.26 bits per heavy atom. The molecule has 1 aliphatic heterocycles. The third kappa shape index (κ3) is 3.50. The van der Waals surface area contributed by atoms with Crippen molar-refractivity contribution in [2.75, 3.05) is 17.2 Å². The average molecular weight is 351 g/mol. The Labute approximate surface area is 119 Å². The lowest BCUT2D eigenvalue weighted by molar-refractivity contribution is -0.117. The Balaban J connectivity index is 2.23. The van der Waals surface area contributed by atoms with Gasteiger partial charge in [-0.1, -0.05) is 0 Å². The van der Waals surface area contributed by atoms with Crippen LogP contribution in [0.1, 0.15) is 12.1 Å². The second kappa shape index (κ2) is 5.16. The lowest BCUT2D eigenvalue weighted by Crippen LogP contribution is -2.26. The number of halogens is 2. The number of rotatable bonds is 3. The molecular weight excluding hydrogens is 339 g/mol. The van der Waals surface area contributed by atoms with Crippen molar-refractivity contribution in [2.24, 2.45) is 5.92 Å². The Bertz CT molecular complexity index is 620. The predicted molar refractivity (Wildman–Crippen MR) is 72.0 cm³/mol. The fraction of sp³-hybridized carbons (Fsp3) is 0.455. The molecule has 1 atom stereocenters. The van der Waals surface area contributed by atoms with Gasteiger partial charge in [0.05, 0.1) is 17.1 Å². The number of aromatic nitrogens is 1. The average Bonchev–Trinajstić information content (AvgIpc) is 2.60. The first kappa shape index (κ1) is 14.4. The summed E-state index contributed by atoms with van der Waals surface area (Å²) in [5.74, 6) is -1.34. The van der Waals surface area contributed by atoms with Crippen LogP contribution in [0.25, 0.3) is 0 Å². The lowest BCUT2D eigenvalue weighted by Gasteiger charge is -2.18. The van der Waals surface area contributed by atoms with Gasteiger partial charge in [0.1, 0.15) is 0 Å². The molecule has 1 saturated heterocycles. The van der Waals surface area contributed by atoms with Crippen molar-refractivity contribution >= 4 is 37.7 Å². The van der Waals surface area contributed by atoms with Crippen LogP contribution in [0.2, 0.25) is 0 Å². The van der Waals surface area contributed by atoms with Crippen LogP contribution in [0.15, 0.2) is 16.7 Å². The third-order valence-corrected chi connectivity index (χ3v) is 4.26. The summed E-state index contributed by atoms with van der Waals surface area (Å²) < 4.78 is 34.7. The van der Waals surface area contributed by atoms with Crippen molar-refractivity contribution in [3.63, 3.8) is 0 Å². The number of nitrogens with zero attached hydrogens (tertiary/aromatic N) is 2. The minimum atomic E-state index is -4.56. The van der Waals surface area contributed by atoms with Crippen LogP contribution < -0.4 is 4.90 Å². The maximum atomic E-state index is 12.7. The van der Waals surface area contributed by atoms with Crippen molar-refractivity contribution in [1.29, 1.82) is 0 Å². The molecule has 0 radical (unpaired) electrons. The molecule has 1 unspecified atom stereocenters. The largest absolute Gasteiger partial charge is 0.310 e. The molecule has 0 bridgehead atoms. The second-order valence-corrected chi connectivity index (χ2v) is 6.86. The van der Waals surface area contributed by atoms with E-state index in [-0.39, 0.29) is 18.9 Å². The van der Waals surface area contributed by atoms with Crippen molar-refractivity contribution in [3.8, 4) is 0 Å². The summed E-state index contributed by atoms with van der Waals surface area (Å²) in [7, 11) is -4.56. The molecule has 2 heterocycles. The summed E-state index contributed by atoms with van der Waals surface area (Å²) >= 11 is 3.27. The van der Waals surface area contributed by atoms with Crippen LogP contribution in [0, 0.1) is 12.8 Å². The molecule has 0 aliphatic carbocycles. The van der Waals surface area contributed by atoms with Crippen LogP contribution in [-0.4, -0.2) is 31.6 Å². The van der Waals surface area contributed by atoms with E-state index in [0.29, 0.717) is 11.4 Å². The number of aryl methyl sites for hydroxylation is 1. The zero-order chi connectivity index (χ0) is 14.2. The van der Waals surface area contributed by atoms with Gasteiger partial charge in [-0.05, 0) is 28.9 Å². The number of hydrogen-bond acceptors (Lipinski definition) is 4. The topological polar surface area (TPSA) is 67.3 Å². The highest BCUT2D eigenvalue weighted by atomic mass is 79.9. The molecule has 8 heteroatoms. The maximum absolute atomic E-state index is 12.7. The zero-order valence-corrected chi connectivity index (χ0v) is 12.5. The fourth-order valence-corrected chi connectivity index (χ4v) is 3.28. The number of anilines is 1. The monoisotopic (exact) mass is 350 g/mol. The lowest BCUT2D eigenvalue weighted by atomic mass is 10.1. The summed E-state index contributed by atoms with van der Waals surface area (Å²) in [5.41, 5.74) is 1.29. The van der Waals surface area contributed by atoms with E-state index in [4.69, 9.17) is 0 Å². The van der Waals surface area contributed by atoms with Gasteiger partial charge < -0.3 is 4.90 Å². The number of carbonyl (C=O) groups is 1.